The van der Waals surface area contributed by atoms with E-state index in [9.17, 15) is 4.79 Å². The van der Waals surface area contributed by atoms with Gasteiger partial charge in [0.2, 0.25) is 0 Å². The first kappa shape index (κ1) is 7.67. The molecule has 0 atom stereocenters. The smallest absolute Gasteiger partial charge is 0.304 e. The van der Waals surface area contributed by atoms with Gasteiger partial charge in [0, 0.05) is 12.4 Å². The molecule has 0 bridgehead atoms. The Kier molecular flexibility index (Phi) is 2.56. The van der Waals surface area contributed by atoms with Crippen LogP contribution in [0.1, 0.15) is 0 Å². The Balaban J connectivity index is 2.45. The van der Waals surface area contributed by atoms with Gasteiger partial charge in [-0.1, -0.05) is 0 Å². The van der Waals surface area contributed by atoms with Crippen molar-refractivity contribution in [2.45, 2.75) is 0 Å². The minimum atomic E-state index is -0.559. The van der Waals surface area contributed by atoms with Gasteiger partial charge in [0.15, 0.2) is 0 Å². The van der Waals surface area contributed by atoms with E-state index in [-0.39, 0.29) is 9.68 Å². The van der Waals surface area contributed by atoms with Crippen LogP contribution in [-0.4, -0.2) is 25.7 Å². The molecule has 2 radical (unpaired) electrons. The highest BCUT2D eigenvalue weighted by Crippen LogP contribution is 1.67. The molecular weight excluding hydrogens is 160 g/mol. The quantitative estimate of drug-likeness (QED) is 0.519. The van der Waals surface area contributed by atoms with Gasteiger partial charge in [-0.15, -0.1) is 0 Å². The predicted molar refractivity (Wildman–Crippen MR) is 40.1 cm³/mol. The van der Waals surface area contributed by atoms with Crippen LogP contribution < -0.4 is 16.2 Å². The molecule has 1 aromatic rings. The average molecular weight is 166 g/mol. The van der Waals surface area contributed by atoms with E-state index >= 15 is 0 Å². The maximum atomic E-state index is 10.2. The molecule has 0 aromatic carbocycles. The summed E-state index contributed by atoms with van der Waals surface area (Å²) in [6, 6.07) is 1.15. The first-order chi connectivity index (χ1) is 5.29. The van der Waals surface area contributed by atoms with Crippen molar-refractivity contribution in [1.29, 1.82) is 0 Å². The normalized spacial score (nSPS) is 9.09. The Morgan fingerprint density at radius 2 is 2.18 bits per heavy atom. The van der Waals surface area contributed by atoms with E-state index in [0.29, 0.717) is 5.45 Å². The second kappa shape index (κ2) is 3.67. The van der Waals surface area contributed by atoms with Crippen LogP contribution in [0.15, 0.2) is 18.5 Å². The molecule has 1 heterocycles. The third-order valence-corrected chi connectivity index (χ3v) is 1.72. The number of rotatable bonds is 2. The first-order valence-corrected chi connectivity index (χ1v) is 3.87. The van der Waals surface area contributed by atoms with Crippen LogP contribution in [0.4, 0.5) is 4.79 Å². The first-order valence-electron chi connectivity index (χ1n) is 2.87. The number of nitrogens with two attached hydrogens (primary N) is 1. The zero-order chi connectivity index (χ0) is 8.10. The summed E-state index contributed by atoms with van der Waals surface area (Å²) in [6.07, 6.45) is 3.22. The Labute approximate surface area is 65.9 Å². The highest BCUT2D eigenvalue weighted by Gasteiger charge is 1.98. The largest absolute Gasteiger partial charge is 0.358 e. The lowest BCUT2D eigenvalue weighted by molar-refractivity contribution is 0.253. The molecule has 5 nitrogen and oxygen atoms in total. The molecule has 3 N–H and O–H groups in total. The van der Waals surface area contributed by atoms with Gasteiger partial charge in [-0.05, 0) is 6.07 Å². The summed E-state index contributed by atoms with van der Waals surface area (Å²) in [5.41, 5.74) is 5.42. The molecule has 1 rings (SSSR count). The third-order valence-electron chi connectivity index (χ3n) is 0.863. The molecule has 56 valence electrons. The van der Waals surface area contributed by atoms with E-state index in [1.807, 2.05) is 0 Å². The van der Waals surface area contributed by atoms with Crippen molar-refractivity contribution in [3.63, 3.8) is 0 Å². The van der Waals surface area contributed by atoms with E-state index in [1.54, 1.807) is 18.5 Å². The second-order valence-corrected chi connectivity index (χ2v) is 2.63. The summed E-state index contributed by atoms with van der Waals surface area (Å²) >= 11 is 0. The molecule has 2 amide bonds. The van der Waals surface area contributed by atoms with E-state index in [0.717, 1.165) is 0 Å². The summed E-state index contributed by atoms with van der Waals surface area (Å²) in [5.74, 6) is 0. The van der Waals surface area contributed by atoms with Crippen LogP contribution in [-0.2, 0) is 0 Å². The number of hydrogen-bond donors (Lipinski definition) is 2. The van der Waals surface area contributed by atoms with Gasteiger partial charge >= 0.3 is 6.03 Å². The van der Waals surface area contributed by atoms with Crippen LogP contribution in [0, 0.1) is 0 Å². The van der Waals surface area contributed by atoms with Crippen molar-refractivity contribution >= 4 is 21.2 Å². The monoisotopic (exact) mass is 166 g/mol. The molecule has 0 fully saturated rings. The van der Waals surface area contributed by atoms with Crippen LogP contribution in [0.25, 0.3) is 0 Å². The standard InChI is InChI=1S/C5H6N4OSi/c6-4(10)9-11-5-7-2-1-3-8-5/h1-3H,(H3,6,9,10). The Hall–Kier alpha value is -1.43. The number of hydrogen-bond acceptors (Lipinski definition) is 3. The predicted octanol–water partition coefficient (Wildman–Crippen LogP) is -1.61. The van der Waals surface area contributed by atoms with Crippen molar-refractivity contribution in [2.75, 3.05) is 0 Å². The Bertz CT molecular complexity index is 239. The van der Waals surface area contributed by atoms with Gasteiger partial charge in [0.25, 0.3) is 9.68 Å². The molecule has 11 heavy (non-hydrogen) atoms. The van der Waals surface area contributed by atoms with E-state index in [1.165, 1.54) is 0 Å². The van der Waals surface area contributed by atoms with Crippen molar-refractivity contribution in [3.05, 3.63) is 18.5 Å². The van der Waals surface area contributed by atoms with E-state index in [4.69, 9.17) is 5.73 Å². The maximum absolute atomic E-state index is 10.2. The zero-order valence-electron chi connectivity index (χ0n) is 5.61. The van der Waals surface area contributed by atoms with E-state index < -0.39 is 6.03 Å². The lowest BCUT2D eigenvalue weighted by Gasteiger charge is -1.95. The summed E-state index contributed by atoms with van der Waals surface area (Å²) < 4.78 is 0. The number of primary amides is 1. The van der Waals surface area contributed by atoms with Gasteiger partial charge < -0.3 is 10.7 Å². The summed E-state index contributed by atoms with van der Waals surface area (Å²) in [6.45, 7) is 0. The van der Waals surface area contributed by atoms with Gasteiger partial charge in [0.05, 0.1) is 0 Å². The van der Waals surface area contributed by atoms with E-state index in [2.05, 4.69) is 15.0 Å². The molecule has 0 aliphatic rings. The Morgan fingerprint density at radius 1 is 1.55 bits per heavy atom. The minimum absolute atomic E-state index is 0.0381. The van der Waals surface area contributed by atoms with Crippen LogP contribution >= 0.6 is 0 Å². The Morgan fingerprint density at radius 3 is 2.73 bits per heavy atom. The summed E-state index contributed by atoms with van der Waals surface area (Å²) in [5, 5.41) is 0. The fraction of sp³-hybridized carbons (Fsp3) is 0. The number of nitrogens with zero attached hydrogens (tertiary/aromatic N) is 2. The fourth-order valence-electron chi connectivity index (χ4n) is 0.481. The number of urea groups is 1. The van der Waals surface area contributed by atoms with Gasteiger partial charge in [0.1, 0.15) is 5.45 Å². The molecule has 6 heteroatoms. The number of nitrogens with one attached hydrogen (secondary N) is 1. The molecule has 0 aliphatic heterocycles. The molecular formula is C5H6N4OSi. The summed E-state index contributed by atoms with van der Waals surface area (Å²) in [4.78, 5) is 20.4. The van der Waals surface area contributed by atoms with Crippen molar-refractivity contribution < 1.29 is 4.79 Å². The molecule has 0 saturated carbocycles. The zero-order valence-corrected chi connectivity index (χ0v) is 6.61. The lowest BCUT2D eigenvalue weighted by Crippen LogP contribution is -2.41. The maximum Gasteiger partial charge on any atom is 0.304 e. The summed E-state index contributed by atoms with van der Waals surface area (Å²) in [7, 11) is 0.0381. The van der Waals surface area contributed by atoms with Crippen molar-refractivity contribution in [2.24, 2.45) is 5.73 Å². The van der Waals surface area contributed by atoms with Crippen LogP contribution in [0.2, 0.25) is 0 Å². The van der Waals surface area contributed by atoms with Gasteiger partial charge in [-0.25, -0.2) is 9.97 Å². The molecule has 0 spiro atoms. The van der Waals surface area contributed by atoms with Crippen LogP contribution in [0.5, 0.6) is 0 Å². The number of carbonyl (C=O) groups excluding carboxylic acids is 1. The van der Waals surface area contributed by atoms with Crippen molar-refractivity contribution in [1.82, 2.24) is 15.0 Å². The van der Waals surface area contributed by atoms with Gasteiger partial charge in [-0.2, -0.15) is 0 Å². The highest BCUT2D eigenvalue weighted by molar-refractivity contribution is 6.51. The van der Waals surface area contributed by atoms with Crippen LogP contribution in [0.3, 0.4) is 0 Å². The molecule has 0 aliphatic carbocycles. The molecule has 0 saturated heterocycles. The van der Waals surface area contributed by atoms with Gasteiger partial charge in [-0.3, -0.25) is 4.79 Å². The number of aromatic nitrogens is 2. The number of amides is 2. The number of carbonyl (C=O) groups is 1. The minimum Gasteiger partial charge on any atom is -0.358 e. The lowest BCUT2D eigenvalue weighted by atomic mass is 10.7. The second-order valence-electron chi connectivity index (χ2n) is 1.69. The fourth-order valence-corrected chi connectivity index (χ4v) is 0.994. The molecule has 0 unspecified atom stereocenters. The van der Waals surface area contributed by atoms with Crippen molar-refractivity contribution in [3.8, 4) is 0 Å². The topological polar surface area (TPSA) is 80.9 Å². The average Bonchev–Trinajstić information content (AvgIpc) is 2.03. The highest BCUT2D eigenvalue weighted by atomic mass is 28.2. The SMILES string of the molecule is NC(=O)N[Si]c1ncccn1. The molecule has 1 aromatic heterocycles. The third kappa shape index (κ3) is 2.76.